The number of nitrogens with zero attached hydrogens (tertiary/aromatic N) is 3. The van der Waals surface area contributed by atoms with Gasteiger partial charge in [-0.05, 0) is 35.6 Å². The second-order valence-corrected chi connectivity index (χ2v) is 11.2. The first kappa shape index (κ1) is 35.1. The monoisotopic (exact) mass is 640 g/mol. The van der Waals surface area contributed by atoms with Crippen LogP contribution in [0.15, 0.2) is 54.7 Å². The van der Waals surface area contributed by atoms with Crippen LogP contribution in [0.2, 0.25) is 0 Å². The molecule has 2 aromatic carbocycles. The van der Waals surface area contributed by atoms with Gasteiger partial charge in [0.2, 0.25) is 0 Å². The highest BCUT2D eigenvalue weighted by molar-refractivity contribution is 5.84. The molecule has 1 unspecified atom stereocenters. The number of carbonyl (C=O) groups is 3. The van der Waals surface area contributed by atoms with E-state index in [0.29, 0.717) is 0 Å². The van der Waals surface area contributed by atoms with E-state index in [2.05, 4.69) is 9.72 Å². The Hall–Kier alpha value is -4.41. The number of rotatable bonds is 11. The van der Waals surface area contributed by atoms with Crippen LogP contribution in [0.4, 0.5) is 22.0 Å². The number of hydrogen-bond donors (Lipinski definition) is 4. The second-order valence-electron chi connectivity index (χ2n) is 11.2. The summed E-state index contributed by atoms with van der Waals surface area (Å²) < 4.78 is 73.3. The minimum atomic E-state index is -5.52. The average molecular weight is 641 g/mol. The first-order valence-corrected chi connectivity index (χ1v) is 13.5. The third kappa shape index (κ3) is 8.83. The lowest BCUT2D eigenvalue weighted by Gasteiger charge is -2.40. The molecule has 0 bridgehead atoms. The summed E-state index contributed by atoms with van der Waals surface area (Å²) >= 11 is 0. The van der Waals surface area contributed by atoms with Crippen molar-refractivity contribution in [2.75, 3.05) is 6.54 Å². The molecule has 45 heavy (non-hydrogen) atoms. The van der Waals surface area contributed by atoms with Crippen molar-refractivity contribution in [3.63, 3.8) is 0 Å². The van der Waals surface area contributed by atoms with Crippen molar-refractivity contribution in [1.29, 1.82) is 0 Å². The smallest absolute Gasteiger partial charge is 0.419 e. The first-order valence-electron chi connectivity index (χ1n) is 13.5. The molecule has 6 N–H and O–H groups in total. The number of esters is 1. The molecule has 1 heterocycles. The third-order valence-corrected chi connectivity index (χ3v) is 6.69. The van der Waals surface area contributed by atoms with E-state index in [1.807, 2.05) is 5.43 Å². The zero-order valence-electron chi connectivity index (χ0n) is 24.5. The molecule has 244 valence electrons. The summed E-state index contributed by atoms with van der Waals surface area (Å²) in [7, 11) is 0. The fourth-order valence-electron chi connectivity index (χ4n) is 4.62. The van der Waals surface area contributed by atoms with Crippen LogP contribution in [0.25, 0.3) is 11.3 Å². The van der Waals surface area contributed by atoms with Gasteiger partial charge < -0.3 is 25.0 Å². The zero-order valence-corrected chi connectivity index (χ0v) is 24.5. The Kier molecular flexibility index (Phi) is 11.0. The van der Waals surface area contributed by atoms with Crippen molar-refractivity contribution in [2.24, 2.45) is 17.0 Å². The number of carbonyl (C=O) groups excluding carboxylic acids is 3. The van der Waals surface area contributed by atoms with Crippen LogP contribution in [0.3, 0.4) is 0 Å². The number of imidazole rings is 1. The number of aliphatic hydroxyl groups is 1. The van der Waals surface area contributed by atoms with E-state index in [1.54, 1.807) is 51.1 Å². The molecule has 1 aromatic heterocycles. The Morgan fingerprint density at radius 3 is 2.31 bits per heavy atom. The van der Waals surface area contributed by atoms with E-state index >= 15 is 0 Å². The standard InChI is InChI=1S/C29H33F5N6O5/c1-28(2,3)22(40(12-11-20(35)24(41)38-36)25(42)26(43)45-27(44)29(32,33)34)23-37-21(18-13-17(30)9-10-19(18)31)15-39(23)14-16-7-5-4-6-8-16/h4-10,13,15,20,22,26,43H,11-12,14,35-36H2,1-3H3,(H,38,41)/t20-,22-,26?/m0/s1. The predicted octanol–water partition coefficient (Wildman–Crippen LogP) is 2.92. The molecule has 0 saturated heterocycles. The number of benzene rings is 2. The Labute approximate surface area is 254 Å². The minimum absolute atomic E-state index is 0.0390. The molecule has 3 rings (SSSR count). The highest BCUT2D eigenvalue weighted by atomic mass is 19.4. The largest absolute Gasteiger partial charge is 0.491 e. The van der Waals surface area contributed by atoms with Crippen LogP contribution in [0.5, 0.6) is 0 Å². The maximum absolute atomic E-state index is 14.9. The molecular formula is C29H33F5N6O5. The predicted molar refractivity (Wildman–Crippen MR) is 150 cm³/mol. The first-order chi connectivity index (χ1) is 20.9. The van der Waals surface area contributed by atoms with Gasteiger partial charge in [0.15, 0.2) is 0 Å². The quantitative estimate of drug-likeness (QED) is 0.0620. The molecule has 0 aliphatic rings. The van der Waals surface area contributed by atoms with Crippen molar-refractivity contribution in [3.05, 3.63) is 77.8 Å². The highest BCUT2D eigenvalue weighted by Crippen LogP contribution is 2.40. The summed E-state index contributed by atoms with van der Waals surface area (Å²) in [6.45, 7) is 4.54. The van der Waals surface area contributed by atoms with Crippen molar-refractivity contribution in [2.45, 2.75) is 58.3 Å². The summed E-state index contributed by atoms with van der Waals surface area (Å²) in [6.07, 6.45) is -7.34. The summed E-state index contributed by atoms with van der Waals surface area (Å²) in [5.74, 6) is -1.50. The number of hydrogen-bond acceptors (Lipinski definition) is 8. The Morgan fingerprint density at radius 2 is 1.73 bits per heavy atom. The number of halogens is 5. The third-order valence-electron chi connectivity index (χ3n) is 6.69. The van der Waals surface area contributed by atoms with E-state index in [4.69, 9.17) is 11.6 Å². The van der Waals surface area contributed by atoms with Crippen molar-refractivity contribution < 1.29 is 46.2 Å². The Balaban J connectivity index is 2.21. The molecule has 11 nitrogen and oxygen atoms in total. The number of nitrogens with one attached hydrogen (secondary N) is 1. The van der Waals surface area contributed by atoms with E-state index in [1.165, 1.54) is 10.8 Å². The lowest BCUT2D eigenvalue weighted by molar-refractivity contribution is -0.222. The van der Waals surface area contributed by atoms with E-state index in [9.17, 15) is 41.4 Å². The van der Waals surface area contributed by atoms with E-state index < -0.39 is 65.9 Å². The minimum Gasteiger partial charge on any atom is -0.419 e. The maximum atomic E-state index is 14.9. The van der Waals surface area contributed by atoms with Crippen molar-refractivity contribution in [3.8, 4) is 11.3 Å². The molecule has 2 amide bonds. The van der Waals surface area contributed by atoms with Gasteiger partial charge in [-0.2, -0.15) is 13.2 Å². The van der Waals surface area contributed by atoms with Crippen LogP contribution in [0.1, 0.15) is 44.6 Å². The van der Waals surface area contributed by atoms with Crippen LogP contribution in [-0.4, -0.2) is 62.4 Å². The van der Waals surface area contributed by atoms with Crippen LogP contribution in [-0.2, 0) is 25.7 Å². The summed E-state index contributed by atoms with van der Waals surface area (Å²) in [4.78, 5) is 42.5. The number of alkyl halides is 3. The van der Waals surface area contributed by atoms with Crippen LogP contribution < -0.4 is 17.0 Å². The molecule has 0 saturated carbocycles. The number of nitrogens with two attached hydrogens (primary N) is 2. The fraction of sp³-hybridized carbons (Fsp3) is 0.379. The van der Waals surface area contributed by atoms with Gasteiger partial charge in [-0.1, -0.05) is 51.1 Å². The van der Waals surface area contributed by atoms with Crippen molar-refractivity contribution in [1.82, 2.24) is 19.9 Å². The average Bonchev–Trinajstić information content (AvgIpc) is 3.36. The number of hydrazine groups is 1. The molecule has 0 aliphatic carbocycles. The van der Waals surface area contributed by atoms with Gasteiger partial charge >= 0.3 is 12.1 Å². The number of amides is 2. The number of aliphatic hydroxyl groups excluding tert-OH is 1. The molecular weight excluding hydrogens is 607 g/mol. The van der Waals surface area contributed by atoms with Gasteiger partial charge in [0, 0.05) is 24.8 Å². The Bertz CT molecular complexity index is 1510. The second kappa shape index (κ2) is 14.1. The molecule has 0 fully saturated rings. The molecule has 3 aromatic rings. The van der Waals surface area contributed by atoms with Gasteiger partial charge in [0.1, 0.15) is 17.5 Å². The summed E-state index contributed by atoms with van der Waals surface area (Å²) in [6, 6.07) is 9.03. The molecule has 16 heteroatoms. The van der Waals surface area contributed by atoms with Gasteiger partial charge in [0.25, 0.3) is 18.1 Å². The molecule has 3 atom stereocenters. The molecule has 0 aliphatic heterocycles. The SMILES string of the molecule is CC(C)(C)[C@H](c1nc(-c2cc(F)ccc2F)cn1Cc1ccccc1)N(CC[C@H](N)C(=O)NN)C(=O)C(O)OC(=O)C(F)(F)F. The maximum Gasteiger partial charge on any atom is 0.491 e. The lowest BCUT2D eigenvalue weighted by Crippen LogP contribution is -2.51. The van der Waals surface area contributed by atoms with E-state index in [-0.39, 0.29) is 30.0 Å². The van der Waals surface area contributed by atoms with Gasteiger partial charge in [-0.25, -0.2) is 24.4 Å². The molecule has 0 spiro atoms. The summed E-state index contributed by atoms with van der Waals surface area (Å²) in [5.41, 5.74) is 7.14. The van der Waals surface area contributed by atoms with Gasteiger partial charge in [-0.3, -0.25) is 15.0 Å². The normalized spacial score (nSPS) is 13.9. The van der Waals surface area contributed by atoms with Gasteiger partial charge in [-0.15, -0.1) is 0 Å². The highest BCUT2D eigenvalue weighted by Gasteiger charge is 2.46. The number of aromatic nitrogens is 2. The summed E-state index contributed by atoms with van der Waals surface area (Å²) in [5, 5.41) is 10.4. The topological polar surface area (TPSA) is 166 Å². The molecule has 0 radical (unpaired) electrons. The van der Waals surface area contributed by atoms with E-state index in [0.717, 1.165) is 28.7 Å². The number of ether oxygens (including phenoxy) is 1. The Morgan fingerprint density at radius 1 is 1.09 bits per heavy atom. The van der Waals surface area contributed by atoms with Crippen LogP contribution in [0, 0.1) is 17.0 Å². The fourth-order valence-corrected chi connectivity index (χ4v) is 4.62. The van der Waals surface area contributed by atoms with Crippen molar-refractivity contribution >= 4 is 17.8 Å². The lowest BCUT2D eigenvalue weighted by atomic mass is 9.84. The van der Waals surface area contributed by atoms with Crippen LogP contribution >= 0.6 is 0 Å². The van der Waals surface area contributed by atoms with Gasteiger partial charge in [0.05, 0.1) is 17.8 Å². The zero-order chi connectivity index (χ0) is 33.7.